The summed E-state index contributed by atoms with van der Waals surface area (Å²) in [4.78, 5) is 0. The van der Waals surface area contributed by atoms with Crippen molar-refractivity contribution in [3.05, 3.63) is 0 Å². The topological polar surface area (TPSA) is 44.0 Å². The first kappa shape index (κ1) is 8.60. The van der Waals surface area contributed by atoms with Crippen molar-refractivity contribution in [2.24, 2.45) is 11.3 Å². The van der Waals surface area contributed by atoms with E-state index in [1.165, 1.54) is 0 Å². The number of terminal acetylenes is 1. The minimum absolute atomic E-state index is 0.166. The lowest BCUT2D eigenvalue weighted by Gasteiger charge is -2.40. The monoisotopic (exact) mass is 175 g/mol. The Hall–Kier alpha value is -0.990. The van der Waals surface area contributed by atoms with Crippen molar-refractivity contribution in [3.8, 4) is 18.4 Å². The van der Waals surface area contributed by atoms with Crippen LogP contribution in [0.25, 0.3) is 0 Å². The molecule has 2 aliphatic rings. The van der Waals surface area contributed by atoms with Gasteiger partial charge in [0.15, 0.2) is 0 Å². The molecule has 0 aromatic rings. The molecule has 2 nitrogen and oxygen atoms in total. The van der Waals surface area contributed by atoms with Crippen LogP contribution in [0, 0.1) is 35.0 Å². The van der Waals surface area contributed by atoms with Crippen LogP contribution in [0.2, 0.25) is 0 Å². The first-order valence-electron chi connectivity index (χ1n) is 4.80. The van der Waals surface area contributed by atoms with Crippen LogP contribution in [0.4, 0.5) is 0 Å². The van der Waals surface area contributed by atoms with E-state index in [1.54, 1.807) is 0 Å². The molecule has 13 heavy (non-hydrogen) atoms. The van der Waals surface area contributed by atoms with E-state index in [-0.39, 0.29) is 5.92 Å². The number of hydrogen-bond acceptors (Lipinski definition) is 2. The predicted octanol–water partition coefficient (Wildman–Crippen LogP) is 1.45. The second-order valence-corrected chi connectivity index (χ2v) is 4.23. The first-order chi connectivity index (χ1) is 6.18. The Morgan fingerprint density at radius 3 is 2.31 bits per heavy atom. The van der Waals surface area contributed by atoms with E-state index in [1.807, 2.05) is 0 Å². The smallest absolute Gasteiger partial charge is 0.146 e. The van der Waals surface area contributed by atoms with Crippen molar-refractivity contribution in [2.45, 2.75) is 37.7 Å². The maximum absolute atomic E-state index is 10.3. The molecule has 0 aromatic carbocycles. The second-order valence-electron chi connectivity index (χ2n) is 4.23. The summed E-state index contributed by atoms with van der Waals surface area (Å²) in [5.41, 5.74) is -1.74. The number of aliphatic hydroxyl groups is 1. The van der Waals surface area contributed by atoms with Gasteiger partial charge in [-0.3, -0.25) is 0 Å². The number of hydrogen-bond donors (Lipinski definition) is 1. The molecule has 2 heteroatoms. The lowest BCUT2D eigenvalue weighted by Crippen LogP contribution is -2.47. The SMILES string of the molecule is C#C[C@](O)(C1CCC1)C1(C#N)CC1. The van der Waals surface area contributed by atoms with E-state index in [0.29, 0.717) is 0 Å². The highest BCUT2D eigenvalue weighted by Gasteiger charge is 2.63. The molecule has 0 aliphatic heterocycles. The van der Waals surface area contributed by atoms with Crippen LogP contribution in [0.1, 0.15) is 32.1 Å². The molecule has 0 spiro atoms. The highest BCUT2D eigenvalue weighted by atomic mass is 16.3. The molecule has 1 N–H and O–H groups in total. The van der Waals surface area contributed by atoms with Crippen LogP contribution in [0.5, 0.6) is 0 Å². The summed E-state index contributed by atoms with van der Waals surface area (Å²) in [6.45, 7) is 0. The standard InChI is InChI=1S/C11H13NO/c1-2-11(13,9-4-3-5-9)10(8-12)6-7-10/h1,9,13H,3-7H2/t11-/m0/s1. The van der Waals surface area contributed by atoms with Crippen molar-refractivity contribution >= 4 is 0 Å². The van der Waals surface area contributed by atoms with Gasteiger partial charge >= 0.3 is 0 Å². The Balaban J connectivity index is 2.26. The normalized spacial score (nSPS) is 29.2. The van der Waals surface area contributed by atoms with Crippen LogP contribution in [0.15, 0.2) is 0 Å². The quantitative estimate of drug-likeness (QED) is 0.645. The van der Waals surface area contributed by atoms with Gasteiger partial charge in [0.2, 0.25) is 0 Å². The largest absolute Gasteiger partial charge is 0.376 e. The fourth-order valence-corrected chi connectivity index (χ4v) is 2.18. The van der Waals surface area contributed by atoms with Crippen LogP contribution in [-0.2, 0) is 0 Å². The van der Waals surface area contributed by atoms with Crippen molar-refractivity contribution in [1.29, 1.82) is 5.26 Å². The lowest BCUT2D eigenvalue weighted by atomic mass is 9.66. The van der Waals surface area contributed by atoms with Gasteiger partial charge in [-0.25, -0.2) is 0 Å². The Morgan fingerprint density at radius 1 is 1.46 bits per heavy atom. The zero-order valence-corrected chi connectivity index (χ0v) is 7.58. The van der Waals surface area contributed by atoms with Crippen molar-refractivity contribution in [2.75, 3.05) is 0 Å². The Morgan fingerprint density at radius 2 is 2.08 bits per heavy atom. The van der Waals surface area contributed by atoms with Crippen molar-refractivity contribution in [3.63, 3.8) is 0 Å². The zero-order valence-electron chi connectivity index (χ0n) is 7.58. The zero-order chi connectivity index (χ0) is 9.53. The van der Waals surface area contributed by atoms with E-state index in [2.05, 4.69) is 12.0 Å². The Labute approximate surface area is 78.6 Å². The molecule has 0 bridgehead atoms. The lowest BCUT2D eigenvalue weighted by molar-refractivity contribution is -0.0402. The number of nitriles is 1. The van der Waals surface area contributed by atoms with Gasteiger partial charge in [-0.15, -0.1) is 6.42 Å². The predicted molar refractivity (Wildman–Crippen MR) is 48.4 cm³/mol. The summed E-state index contributed by atoms with van der Waals surface area (Å²) in [5, 5.41) is 19.3. The third-order valence-corrected chi connectivity index (χ3v) is 3.61. The summed E-state index contributed by atoms with van der Waals surface area (Å²) < 4.78 is 0. The molecule has 0 radical (unpaired) electrons. The van der Waals surface area contributed by atoms with E-state index >= 15 is 0 Å². The molecule has 0 heterocycles. The molecular weight excluding hydrogens is 162 g/mol. The maximum atomic E-state index is 10.3. The molecule has 0 amide bonds. The number of nitrogens with zero attached hydrogens (tertiary/aromatic N) is 1. The average Bonchev–Trinajstić information content (AvgIpc) is 2.81. The first-order valence-corrected chi connectivity index (χ1v) is 4.80. The summed E-state index contributed by atoms with van der Waals surface area (Å²) in [6.07, 6.45) is 9.98. The van der Waals surface area contributed by atoms with Gasteiger partial charge in [-0.1, -0.05) is 12.3 Å². The molecule has 2 fully saturated rings. The third-order valence-electron chi connectivity index (χ3n) is 3.61. The Bertz CT molecular complexity index is 301. The summed E-state index contributed by atoms with van der Waals surface area (Å²) in [6, 6.07) is 2.20. The summed E-state index contributed by atoms with van der Waals surface area (Å²) >= 11 is 0. The third kappa shape index (κ3) is 0.929. The molecule has 2 aliphatic carbocycles. The van der Waals surface area contributed by atoms with Crippen LogP contribution >= 0.6 is 0 Å². The van der Waals surface area contributed by atoms with Gasteiger partial charge in [-0.05, 0) is 25.7 Å². The molecule has 68 valence electrons. The molecular formula is C11H13NO. The van der Waals surface area contributed by atoms with Crippen LogP contribution in [0.3, 0.4) is 0 Å². The van der Waals surface area contributed by atoms with E-state index < -0.39 is 11.0 Å². The van der Waals surface area contributed by atoms with Crippen LogP contribution in [-0.4, -0.2) is 10.7 Å². The fraction of sp³-hybridized carbons (Fsp3) is 0.727. The maximum Gasteiger partial charge on any atom is 0.146 e. The average molecular weight is 175 g/mol. The molecule has 2 saturated carbocycles. The van der Waals surface area contributed by atoms with Crippen LogP contribution < -0.4 is 0 Å². The second kappa shape index (κ2) is 2.50. The van der Waals surface area contributed by atoms with Gasteiger partial charge in [0.1, 0.15) is 5.60 Å². The minimum atomic E-state index is -1.14. The Kier molecular flexibility index (Phi) is 1.65. The fourth-order valence-electron chi connectivity index (χ4n) is 2.18. The van der Waals surface area contributed by atoms with Crippen molar-refractivity contribution in [1.82, 2.24) is 0 Å². The van der Waals surface area contributed by atoms with Gasteiger partial charge in [-0.2, -0.15) is 5.26 Å². The molecule has 0 unspecified atom stereocenters. The molecule has 0 aromatic heterocycles. The highest BCUT2D eigenvalue weighted by molar-refractivity contribution is 5.31. The van der Waals surface area contributed by atoms with Gasteiger partial charge in [0, 0.05) is 5.92 Å². The summed E-state index contributed by atoms with van der Waals surface area (Å²) in [7, 11) is 0. The number of rotatable bonds is 2. The molecule has 0 saturated heterocycles. The highest BCUT2D eigenvalue weighted by Crippen LogP contribution is 2.59. The van der Waals surface area contributed by atoms with Gasteiger partial charge in [0.25, 0.3) is 0 Å². The van der Waals surface area contributed by atoms with Gasteiger partial charge < -0.3 is 5.11 Å². The molecule has 1 atom stereocenters. The van der Waals surface area contributed by atoms with E-state index in [9.17, 15) is 5.11 Å². The molecule has 2 rings (SSSR count). The summed E-state index contributed by atoms with van der Waals surface area (Å²) in [5.74, 6) is 2.63. The van der Waals surface area contributed by atoms with E-state index in [4.69, 9.17) is 11.7 Å². The minimum Gasteiger partial charge on any atom is -0.376 e. The van der Waals surface area contributed by atoms with E-state index in [0.717, 1.165) is 32.1 Å². The van der Waals surface area contributed by atoms with Gasteiger partial charge in [0.05, 0.1) is 11.5 Å². The van der Waals surface area contributed by atoms with Crippen molar-refractivity contribution < 1.29 is 5.11 Å².